The predicted octanol–water partition coefficient (Wildman–Crippen LogP) is 3.92. The van der Waals surface area contributed by atoms with Gasteiger partial charge < -0.3 is 10.1 Å². The highest BCUT2D eigenvalue weighted by molar-refractivity contribution is 6.06. The molecule has 0 fully saturated rings. The highest BCUT2D eigenvalue weighted by Crippen LogP contribution is 2.29. The highest BCUT2D eigenvalue weighted by atomic mass is 16.6. The lowest BCUT2D eigenvalue weighted by molar-refractivity contribution is -0.384. The minimum absolute atomic E-state index is 0.0805. The second kappa shape index (κ2) is 8.91. The molecule has 0 unspecified atom stereocenters. The van der Waals surface area contributed by atoms with Crippen LogP contribution in [0.2, 0.25) is 0 Å². The molecule has 0 aliphatic heterocycles. The molecule has 4 aromatic rings. The minimum atomic E-state index is -0.657. The zero-order valence-electron chi connectivity index (χ0n) is 17.9. The highest BCUT2D eigenvalue weighted by Gasteiger charge is 2.19. The molecule has 2 aromatic carbocycles. The van der Waals surface area contributed by atoms with Crippen molar-refractivity contribution < 1.29 is 14.5 Å². The van der Waals surface area contributed by atoms with Crippen molar-refractivity contribution in [2.45, 2.75) is 13.5 Å². The third-order valence-corrected chi connectivity index (χ3v) is 5.20. The second-order valence-electron chi connectivity index (χ2n) is 7.45. The molecule has 0 bridgehead atoms. The number of carbonyl (C=O) groups is 1. The number of nitro benzene ring substituents is 1. The monoisotopic (exact) mass is 444 g/mol. The summed E-state index contributed by atoms with van der Waals surface area (Å²) in [5, 5.41) is 14.3. The van der Waals surface area contributed by atoms with E-state index in [4.69, 9.17) is 4.74 Å². The Morgan fingerprint density at radius 3 is 2.61 bits per heavy atom. The summed E-state index contributed by atoms with van der Waals surface area (Å²) >= 11 is 0. The smallest absolute Gasteiger partial charge is 0.273 e. The van der Waals surface area contributed by atoms with Crippen LogP contribution in [0, 0.1) is 17.0 Å². The van der Waals surface area contributed by atoms with Gasteiger partial charge in [-0.25, -0.2) is 4.98 Å². The molecule has 2 heterocycles. The molecule has 2 aromatic heterocycles. The van der Waals surface area contributed by atoms with Crippen LogP contribution >= 0.6 is 0 Å². The van der Waals surface area contributed by atoms with Gasteiger partial charge >= 0.3 is 0 Å². The molecule has 1 amide bonds. The summed E-state index contributed by atoms with van der Waals surface area (Å²) < 4.78 is 6.63. The SMILES string of the molecule is COc1cc([N+](=O)[O-])ccc1NC(=O)c1cc2cccnc2n(Cc2ccc(C)cc2)c1=O. The third kappa shape index (κ3) is 4.42. The third-order valence-electron chi connectivity index (χ3n) is 5.20. The number of ether oxygens (including phenoxy) is 1. The average Bonchev–Trinajstić information content (AvgIpc) is 2.82. The molecule has 0 atom stereocenters. The van der Waals surface area contributed by atoms with E-state index in [2.05, 4.69) is 10.3 Å². The van der Waals surface area contributed by atoms with Gasteiger partial charge in [0.25, 0.3) is 17.2 Å². The summed E-state index contributed by atoms with van der Waals surface area (Å²) in [6.07, 6.45) is 1.59. The van der Waals surface area contributed by atoms with Gasteiger partial charge in [-0.3, -0.25) is 24.3 Å². The largest absolute Gasteiger partial charge is 0.494 e. The number of fused-ring (bicyclic) bond motifs is 1. The van der Waals surface area contributed by atoms with Crippen LogP contribution < -0.4 is 15.6 Å². The van der Waals surface area contributed by atoms with Crippen LogP contribution in [-0.2, 0) is 6.54 Å². The Morgan fingerprint density at radius 1 is 1.15 bits per heavy atom. The number of nitrogens with zero attached hydrogens (tertiary/aromatic N) is 3. The number of hydrogen-bond acceptors (Lipinski definition) is 6. The van der Waals surface area contributed by atoms with Crippen molar-refractivity contribution >= 4 is 28.3 Å². The number of pyridine rings is 2. The first-order valence-corrected chi connectivity index (χ1v) is 10.1. The van der Waals surface area contributed by atoms with Crippen LogP contribution in [0.25, 0.3) is 11.0 Å². The maximum Gasteiger partial charge on any atom is 0.273 e. The Balaban J connectivity index is 1.76. The lowest BCUT2D eigenvalue weighted by atomic mass is 10.1. The lowest BCUT2D eigenvalue weighted by Crippen LogP contribution is -2.30. The molecule has 1 N–H and O–H groups in total. The number of rotatable bonds is 6. The predicted molar refractivity (Wildman–Crippen MR) is 124 cm³/mol. The number of aromatic nitrogens is 2. The Hall–Kier alpha value is -4.53. The van der Waals surface area contributed by atoms with Gasteiger partial charge in [0, 0.05) is 17.6 Å². The van der Waals surface area contributed by atoms with Crippen LogP contribution in [0.3, 0.4) is 0 Å². The first-order valence-electron chi connectivity index (χ1n) is 10.1. The molecule has 9 heteroatoms. The fraction of sp³-hybridized carbons (Fsp3) is 0.125. The fourth-order valence-electron chi connectivity index (χ4n) is 3.48. The van der Waals surface area contributed by atoms with Gasteiger partial charge in [0.2, 0.25) is 0 Å². The van der Waals surface area contributed by atoms with Crippen molar-refractivity contribution in [1.82, 2.24) is 9.55 Å². The molecular formula is C24H20N4O5. The van der Waals surface area contributed by atoms with Crippen molar-refractivity contribution in [3.05, 3.63) is 104 Å². The van der Waals surface area contributed by atoms with E-state index >= 15 is 0 Å². The summed E-state index contributed by atoms with van der Waals surface area (Å²) in [5.74, 6) is -0.546. The number of anilines is 1. The number of amides is 1. The number of nitro groups is 1. The van der Waals surface area contributed by atoms with Crippen LogP contribution in [0.15, 0.2) is 71.7 Å². The number of hydrogen-bond donors (Lipinski definition) is 1. The van der Waals surface area contributed by atoms with Crippen LogP contribution in [0.4, 0.5) is 11.4 Å². The molecule has 9 nitrogen and oxygen atoms in total. The van der Waals surface area contributed by atoms with Gasteiger partial charge in [0.05, 0.1) is 30.3 Å². The van der Waals surface area contributed by atoms with Gasteiger partial charge in [0.15, 0.2) is 0 Å². The Kier molecular flexibility index (Phi) is 5.86. The maximum atomic E-state index is 13.3. The van der Waals surface area contributed by atoms with Gasteiger partial charge in [-0.05, 0) is 36.8 Å². The molecule has 33 heavy (non-hydrogen) atoms. The summed E-state index contributed by atoms with van der Waals surface area (Å²) in [6, 6.07) is 16.6. The maximum absolute atomic E-state index is 13.3. The quantitative estimate of drug-likeness (QED) is 0.356. The van der Waals surface area contributed by atoms with Gasteiger partial charge in [-0.1, -0.05) is 29.8 Å². The molecule has 0 saturated heterocycles. The van der Waals surface area contributed by atoms with Crippen molar-refractivity contribution in [2.75, 3.05) is 12.4 Å². The summed E-state index contributed by atoms with van der Waals surface area (Å²) in [4.78, 5) is 41.2. The molecule has 0 spiro atoms. The first-order chi connectivity index (χ1) is 15.9. The molecule has 0 aliphatic rings. The van der Waals surface area contributed by atoms with Crippen molar-refractivity contribution in [3.8, 4) is 5.75 Å². The van der Waals surface area contributed by atoms with Crippen molar-refractivity contribution in [2.24, 2.45) is 0 Å². The number of non-ortho nitro benzene ring substituents is 1. The number of carbonyl (C=O) groups excluding carboxylic acids is 1. The van der Waals surface area contributed by atoms with Crippen LogP contribution in [0.1, 0.15) is 21.5 Å². The van der Waals surface area contributed by atoms with E-state index in [9.17, 15) is 19.7 Å². The normalized spacial score (nSPS) is 10.7. The minimum Gasteiger partial charge on any atom is -0.494 e. The van der Waals surface area contributed by atoms with E-state index in [0.29, 0.717) is 11.0 Å². The number of methoxy groups -OCH3 is 1. The summed E-state index contributed by atoms with van der Waals surface area (Å²) in [7, 11) is 1.34. The van der Waals surface area contributed by atoms with Crippen LogP contribution in [-0.4, -0.2) is 27.5 Å². The lowest BCUT2D eigenvalue weighted by Gasteiger charge is -2.13. The zero-order chi connectivity index (χ0) is 23.5. The van der Waals surface area contributed by atoms with E-state index in [1.165, 1.54) is 35.9 Å². The van der Waals surface area contributed by atoms with Crippen molar-refractivity contribution in [1.29, 1.82) is 0 Å². The Labute approximate surface area is 188 Å². The van der Waals surface area contributed by atoms with Gasteiger partial charge in [-0.2, -0.15) is 0 Å². The molecule has 0 saturated carbocycles. The molecule has 0 radical (unpaired) electrons. The van der Waals surface area contributed by atoms with E-state index in [-0.39, 0.29) is 29.2 Å². The summed E-state index contributed by atoms with van der Waals surface area (Å²) in [6.45, 7) is 2.22. The molecule has 166 valence electrons. The van der Waals surface area contributed by atoms with E-state index in [1.54, 1.807) is 18.3 Å². The average molecular weight is 444 g/mol. The topological polar surface area (TPSA) is 116 Å². The molecule has 0 aliphatic carbocycles. The first kappa shape index (κ1) is 21.7. The zero-order valence-corrected chi connectivity index (χ0v) is 17.9. The van der Waals surface area contributed by atoms with Crippen molar-refractivity contribution in [3.63, 3.8) is 0 Å². The van der Waals surface area contributed by atoms with Gasteiger partial charge in [0.1, 0.15) is 17.0 Å². The second-order valence-corrected chi connectivity index (χ2v) is 7.45. The fourth-order valence-corrected chi connectivity index (χ4v) is 3.48. The summed E-state index contributed by atoms with van der Waals surface area (Å²) in [5.41, 5.74) is 1.91. The van der Waals surface area contributed by atoms with E-state index < -0.39 is 16.4 Å². The number of benzene rings is 2. The Morgan fingerprint density at radius 2 is 1.91 bits per heavy atom. The van der Waals surface area contributed by atoms with Crippen LogP contribution in [0.5, 0.6) is 5.75 Å². The molecular weight excluding hydrogens is 424 g/mol. The number of nitrogens with one attached hydrogen (secondary N) is 1. The Bertz CT molecular complexity index is 1430. The van der Waals surface area contributed by atoms with E-state index in [1.807, 2.05) is 31.2 Å². The standard InChI is InChI=1S/C24H20N4O5/c1-15-5-7-16(8-6-15)14-27-22-17(4-3-11-25-22)12-19(24(27)30)23(29)26-20-10-9-18(28(31)32)13-21(20)33-2/h3-13H,14H2,1-2H3,(H,26,29). The molecule has 4 rings (SSSR count). The van der Waals surface area contributed by atoms with E-state index in [0.717, 1.165) is 11.1 Å². The van der Waals surface area contributed by atoms with Gasteiger partial charge in [-0.15, -0.1) is 0 Å². The number of aryl methyl sites for hydroxylation is 1.